The molecule has 0 bridgehead atoms. The van der Waals surface area contributed by atoms with Crippen LogP contribution in [0.3, 0.4) is 0 Å². The zero-order valence-electron chi connectivity index (χ0n) is 12.7. The van der Waals surface area contributed by atoms with E-state index in [-0.39, 0.29) is 5.54 Å². The maximum absolute atomic E-state index is 6.30. The Kier molecular flexibility index (Phi) is 5.39. The van der Waals surface area contributed by atoms with E-state index in [0.717, 1.165) is 34.8 Å². The predicted molar refractivity (Wildman–Crippen MR) is 88.8 cm³/mol. The van der Waals surface area contributed by atoms with Gasteiger partial charge in [0, 0.05) is 15.6 Å². The fraction of sp³-hybridized carbons (Fsp3) is 0.647. The smallest absolute Gasteiger partial charge is 0.0439 e. The van der Waals surface area contributed by atoms with E-state index in [1.54, 1.807) is 0 Å². The molecule has 2 rings (SSSR count). The highest BCUT2D eigenvalue weighted by Crippen LogP contribution is 2.36. The summed E-state index contributed by atoms with van der Waals surface area (Å²) in [5.41, 5.74) is 1.40. The first-order valence-electron chi connectivity index (χ1n) is 7.54. The molecule has 1 aliphatic rings. The van der Waals surface area contributed by atoms with Crippen molar-refractivity contribution in [1.29, 1.82) is 0 Å². The molecule has 0 saturated heterocycles. The maximum Gasteiger partial charge on any atom is 0.0439 e. The Balaban J connectivity index is 1.99. The van der Waals surface area contributed by atoms with Crippen LogP contribution in [0.25, 0.3) is 0 Å². The van der Waals surface area contributed by atoms with E-state index in [4.69, 9.17) is 23.2 Å². The minimum absolute atomic E-state index is 0.195. The van der Waals surface area contributed by atoms with Crippen molar-refractivity contribution in [2.24, 2.45) is 11.8 Å². The van der Waals surface area contributed by atoms with Gasteiger partial charge in [0.15, 0.2) is 0 Å². The summed E-state index contributed by atoms with van der Waals surface area (Å²) < 4.78 is 0. The Morgan fingerprint density at radius 3 is 2.55 bits per heavy atom. The number of hydrogen-bond donors (Lipinski definition) is 1. The second-order valence-electron chi connectivity index (χ2n) is 7.02. The molecule has 1 fully saturated rings. The van der Waals surface area contributed by atoms with Gasteiger partial charge in [-0.2, -0.15) is 0 Å². The van der Waals surface area contributed by atoms with Crippen molar-refractivity contribution >= 4 is 23.2 Å². The van der Waals surface area contributed by atoms with Gasteiger partial charge in [-0.3, -0.25) is 0 Å². The molecule has 0 aromatic heterocycles. The topological polar surface area (TPSA) is 12.0 Å². The van der Waals surface area contributed by atoms with Gasteiger partial charge in [0.1, 0.15) is 0 Å². The van der Waals surface area contributed by atoms with E-state index in [0.29, 0.717) is 0 Å². The summed E-state index contributed by atoms with van der Waals surface area (Å²) in [6, 6.07) is 5.80. The lowest BCUT2D eigenvalue weighted by Gasteiger charge is -2.26. The molecule has 20 heavy (non-hydrogen) atoms. The molecule has 0 spiro atoms. The number of halogens is 2. The Bertz CT molecular complexity index is 451. The molecule has 2 atom stereocenters. The molecule has 2 unspecified atom stereocenters. The molecular weight excluding hydrogens is 289 g/mol. The summed E-state index contributed by atoms with van der Waals surface area (Å²) in [6.07, 6.45) is 5.01. The monoisotopic (exact) mass is 313 g/mol. The van der Waals surface area contributed by atoms with Gasteiger partial charge in [0.2, 0.25) is 0 Å². The maximum atomic E-state index is 6.30. The van der Waals surface area contributed by atoms with Crippen molar-refractivity contribution < 1.29 is 0 Å². The molecule has 1 aromatic rings. The fourth-order valence-corrected chi connectivity index (χ4v) is 3.46. The van der Waals surface area contributed by atoms with Gasteiger partial charge in [0.05, 0.1) is 0 Å². The number of benzene rings is 1. The van der Waals surface area contributed by atoms with Gasteiger partial charge >= 0.3 is 0 Å². The summed E-state index contributed by atoms with van der Waals surface area (Å²) in [7, 11) is 0. The van der Waals surface area contributed by atoms with E-state index in [2.05, 4.69) is 26.1 Å². The minimum atomic E-state index is 0.195. The van der Waals surface area contributed by atoms with Crippen molar-refractivity contribution in [2.75, 3.05) is 6.54 Å². The van der Waals surface area contributed by atoms with Gasteiger partial charge in [-0.05, 0) is 82.2 Å². The average Bonchev–Trinajstić information content (AvgIpc) is 2.78. The summed E-state index contributed by atoms with van der Waals surface area (Å²) in [5.74, 6) is 1.48. The SMILES string of the molecule is CC(C)(C)NCC1CCCC1Cc1cc(Cl)ccc1Cl. The van der Waals surface area contributed by atoms with Crippen LogP contribution in [0.2, 0.25) is 10.0 Å². The van der Waals surface area contributed by atoms with Gasteiger partial charge in [0.25, 0.3) is 0 Å². The molecule has 1 aromatic carbocycles. The summed E-state index contributed by atoms with van der Waals surface area (Å²) in [4.78, 5) is 0. The lowest BCUT2D eigenvalue weighted by atomic mass is 9.89. The van der Waals surface area contributed by atoms with Crippen LogP contribution in [-0.4, -0.2) is 12.1 Å². The quantitative estimate of drug-likeness (QED) is 0.791. The largest absolute Gasteiger partial charge is 0.312 e. The van der Waals surface area contributed by atoms with E-state index >= 15 is 0 Å². The van der Waals surface area contributed by atoms with Gasteiger partial charge < -0.3 is 5.32 Å². The predicted octanol–water partition coefficient (Wildman–Crippen LogP) is 5.34. The van der Waals surface area contributed by atoms with Crippen molar-refractivity contribution in [3.63, 3.8) is 0 Å². The summed E-state index contributed by atoms with van der Waals surface area (Å²) in [6.45, 7) is 7.78. The third-order valence-electron chi connectivity index (χ3n) is 4.20. The third-order valence-corrected chi connectivity index (χ3v) is 4.80. The van der Waals surface area contributed by atoms with Crippen molar-refractivity contribution in [2.45, 2.75) is 52.0 Å². The highest BCUT2D eigenvalue weighted by Gasteiger charge is 2.28. The fourth-order valence-electron chi connectivity index (χ4n) is 3.07. The Labute approximate surface area is 133 Å². The highest BCUT2D eigenvalue weighted by atomic mass is 35.5. The Morgan fingerprint density at radius 2 is 1.85 bits per heavy atom. The molecule has 0 aliphatic heterocycles. The van der Waals surface area contributed by atoms with Crippen molar-refractivity contribution in [3.8, 4) is 0 Å². The number of hydrogen-bond acceptors (Lipinski definition) is 1. The summed E-state index contributed by atoms with van der Waals surface area (Å²) >= 11 is 12.4. The second-order valence-corrected chi connectivity index (χ2v) is 7.87. The van der Waals surface area contributed by atoms with Crippen LogP contribution >= 0.6 is 23.2 Å². The van der Waals surface area contributed by atoms with Crippen LogP contribution in [0, 0.1) is 11.8 Å². The van der Waals surface area contributed by atoms with Crippen LogP contribution < -0.4 is 5.32 Å². The molecule has 1 nitrogen and oxygen atoms in total. The van der Waals surface area contributed by atoms with Crippen LogP contribution in [0.15, 0.2) is 18.2 Å². The molecule has 1 saturated carbocycles. The van der Waals surface area contributed by atoms with E-state index in [1.807, 2.05) is 18.2 Å². The zero-order valence-corrected chi connectivity index (χ0v) is 14.2. The first-order valence-corrected chi connectivity index (χ1v) is 8.30. The third kappa shape index (κ3) is 4.65. The first-order chi connectivity index (χ1) is 9.35. The molecule has 0 amide bonds. The van der Waals surface area contributed by atoms with Gasteiger partial charge in [-0.15, -0.1) is 0 Å². The lowest BCUT2D eigenvalue weighted by Crippen LogP contribution is -2.40. The van der Waals surface area contributed by atoms with Gasteiger partial charge in [-0.25, -0.2) is 0 Å². The standard InChI is InChI=1S/C17H25Cl2N/c1-17(2,3)20-11-13-6-4-5-12(13)9-14-10-15(18)7-8-16(14)19/h7-8,10,12-13,20H,4-6,9,11H2,1-3H3. The number of nitrogens with one attached hydrogen (secondary N) is 1. The molecule has 1 aliphatic carbocycles. The van der Waals surface area contributed by atoms with Crippen LogP contribution in [-0.2, 0) is 6.42 Å². The minimum Gasteiger partial charge on any atom is -0.312 e. The Hall–Kier alpha value is -0.240. The zero-order chi connectivity index (χ0) is 14.8. The van der Waals surface area contributed by atoms with Crippen molar-refractivity contribution in [1.82, 2.24) is 5.32 Å². The Morgan fingerprint density at radius 1 is 1.15 bits per heavy atom. The summed E-state index contributed by atoms with van der Waals surface area (Å²) in [5, 5.41) is 5.28. The molecule has 0 radical (unpaired) electrons. The molecule has 3 heteroatoms. The lowest BCUT2D eigenvalue weighted by molar-refractivity contribution is 0.317. The normalized spacial score (nSPS) is 23.2. The van der Waals surface area contributed by atoms with Crippen LogP contribution in [0.4, 0.5) is 0 Å². The van der Waals surface area contributed by atoms with Gasteiger partial charge in [-0.1, -0.05) is 29.6 Å². The molecule has 1 N–H and O–H groups in total. The second kappa shape index (κ2) is 6.68. The van der Waals surface area contributed by atoms with E-state index < -0.39 is 0 Å². The van der Waals surface area contributed by atoms with E-state index in [1.165, 1.54) is 24.8 Å². The van der Waals surface area contributed by atoms with Crippen molar-refractivity contribution in [3.05, 3.63) is 33.8 Å². The molecule has 112 valence electrons. The first kappa shape index (κ1) is 16.1. The molecule has 0 heterocycles. The average molecular weight is 314 g/mol. The highest BCUT2D eigenvalue weighted by molar-refractivity contribution is 6.33. The molecular formula is C17H25Cl2N. The van der Waals surface area contributed by atoms with Crippen LogP contribution in [0.5, 0.6) is 0 Å². The number of rotatable bonds is 4. The van der Waals surface area contributed by atoms with E-state index in [9.17, 15) is 0 Å². The van der Waals surface area contributed by atoms with Crippen LogP contribution in [0.1, 0.15) is 45.6 Å².